The highest BCUT2D eigenvalue weighted by atomic mass is 19.4. The number of halogens is 3. The summed E-state index contributed by atoms with van der Waals surface area (Å²) in [5, 5.41) is 9.77. The van der Waals surface area contributed by atoms with Gasteiger partial charge >= 0.3 is 6.18 Å². The van der Waals surface area contributed by atoms with Gasteiger partial charge in [0.1, 0.15) is 18.1 Å². The van der Waals surface area contributed by atoms with Crippen LogP contribution in [0.25, 0.3) is 4.85 Å². The Morgan fingerprint density at radius 3 is 2.56 bits per heavy atom. The number of alkyl halides is 3. The predicted molar refractivity (Wildman–Crippen MR) is 126 cm³/mol. The van der Waals surface area contributed by atoms with Gasteiger partial charge in [-0.25, -0.2) is 6.57 Å². The van der Waals surface area contributed by atoms with Crippen LogP contribution in [0.15, 0.2) is 30.5 Å². The number of fused-ring (bicyclic) bond motifs is 2. The number of aliphatic hydroxyl groups is 1. The van der Waals surface area contributed by atoms with Crippen molar-refractivity contribution in [2.75, 3.05) is 26.2 Å². The average molecular weight is 503 g/mol. The Morgan fingerprint density at radius 2 is 1.97 bits per heavy atom. The van der Waals surface area contributed by atoms with E-state index in [1.54, 1.807) is 4.90 Å². The maximum absolute atomic E-state index is 13.0. The number of hydrogen-bond acceptors (Lipinski definition) is 5. The van der Waals surface area contributed by atoms with Crippen molar-refractivity contribution in [2.45, 2.75) is 57.6 Å². The van der Waals surface area contributed by atoms with E-state index in [1.807, 2.05) is 26.0 Å². The Labute approximate surface area is 208 Å². The van der Waals surface area contributed by atoms with Crippen LogP contribution in [0.4, 0.5) is 13.2 Å². The molecule has 0 radical (unpaired) electrons. The number of pyridine rings is 1. The molecule has 3 heterocycles. The third kappa shape index (κ3) is 5.04. The maximum Gasteiger partial charge on any atom is 0.433 e. The molecule has 4 atom stereocenters. The van der Waals surface area contributed by atoms with E-state index < -0.39 is 18.0 Å². The third-order valence-electron chi connectivity index (χ3n) is 7.30. The molecule has 1 amide bonds. The number of benzene rings is 1. The highest BCUT2D eigenvalue weighted by molar-refractivity contribution is 5.94. The number of aromatic nitrogens is 1. The number of likely N-dealkylation sites (tertiary alicyclic amines) is 2. The molecule has 2 bridgehead atoms. The standard InChI is InChI=1S/C26H29F3N4O3/c1-15-16(2)23(36-14-21(34)11-30-4)7-6-22(15)17(3)32-12-20-9-19(32)13-33(20)25(35)18-5-8-24(31-10-18)26(27,28)29/h5-8,10,17,19-21,34H,9,11-14H2,1-3H3/t17-,19-,20-,21+/m0/s1. The van der Waals surface area contributed by atoms with Crippen molar-refractivity contribution in [3.8, 4) is 5.75 Å². The van der Waals surface area contributed by atoms with Gasteiger partial charge in [0, 0.05) is 37.4 Å². The predicted octanol–water partition coefficient (Wildman–Crippen LogP) is 4.04. The van der Waals surface area contributed by atoms with Crippen LogP contribution in [0.5, 0.6) is 5.75 Å². The van der Waals surface area contributed by atoms with Crippen molar-refractivity contribution in [3.63, 3.8) is 0 Å². The van der Waals surface area contributed by atoms with Crippen LogP contribution in [0, 0.1) is 20.4 Å². The van der Waals surface area contributed by atoms with Crippen molar-refractivity contribution < 1.29 is 27.8 Å². The molecule has 4 rings (SSSR count). The van der Waals surface area contributed by atoms with E-state index in [1.165, 1.54) is 6.07 Å². The Bertz CT molecular complexity index is 1160. The Hall–Kier alpha value is -3.16. The molecule has 192 valence electrons. The zero-order valence-electron chi connectivity index (χ0n) is 20.4. The van der Waals surface area contributed by atoms with E-state index in [-0.39, 0.29) is 42.7 Å². The van der Waals surface area contributed by atoms with Gasteiger partial charge in [0.15, 0.2) is 6.10 Å². The second kappa shape index (κ2) is 10.1. The molecule has 36 heavy (non-hydrogen) atoms. The summed E-state index contributed by atoms with van der Waals surface area (Å²) in [6, 6.07) is 6.22. The fraction of sp³-hybridized carbons (Fsp3) is 0.500. The van der Waals surface area contributed by atoms with Gasteiger partial charge in [-0.3, -0.25) is 14.7 Å². The zero-order chi connectivity index (χ0) is 26.2. The van der Waals surface area contributed by atoms with E-state index in [9.17, 15) is 23.1 Å². The SMILES string of the molecule is [C-]#[N+]C[C@@H](O)COc1ccc([C@H](C)N2C[C@@H]3C[C@H]2CN3C(=O)c2ccc(C(F)(F)F)nc2)c(C)c1C. The number of rotatable bonds is 7. The molecule has 0 spiro atoms. The van der Waals surface area contributed by atoms with Crippen LogP contribution >= 0.6 is 0 Å². The number of hydrogen-bond donors (Lipinski definition) is 1. The van der Waals surface area contributed by atoms with E-state index in [0.29, 0.717) is 18.8 Å². The lowest BCUT2D eigenvalue weighted by Gasteiger charge is -2.38. The number of amides is 1. The van der Waals surface area contributed by atoms with Crippen LogP contribution in [0.1, 0.15) is 52.1 Å². The quantitative estimate of drug-likeness (QED) is 0.579. The molecule has 1 aromatic carbocycles. The van der Waals surface area contributed by atoms with Gasteiger partial charge in [0.25, 0.3) is 5.91 Å². The lowest BCUT2D eigenvalue weighted by Crippen LogP contribution is -2.49. The molecule has 7 nitrogen and oxygen atoms in total. The minimum atomic E-state index is -4.54. The van der Waals surface area contributed by atoms with Gasteiger partial charge in [-0.15, -0.1) is 0 Å². The maximum atomic E-state index is 13.0. The molecule has 10 heteroatoms. The first-order valence-corrected chi connectivity index (χ1v) is 11.8. The molecule has 2 saturated heterocycles. The topological polar surface area (TPSA) is 70.3 Å². The van der Waals surface area contributed by atoms with Crippen molar-refractivity contribution in [1.82, 2.24) is 14.8 Å². The zero-order valence-corrected chi connectivity index (χ0v) is 20.4. The van der Waals surface area contributed by atoms with Crippen LogP contribution in [-0.4, -0.2) is 70.2 Å². The summed E-state index contributed by atoms with van der Waals surface area (Å²) < 4.78 is 44.1. The molecular formula is C26H29F3N4O3. The number of ether oxygens (including phenoxy) is 1. The Balaban J connectivity index is 1.41. The second-order valence-corrected chi connectivity index (χ2v) is 9.51. The van der Waals surface area contributed by atoms with Crippen LogP contribution in [0.2, 0.25) is 0 Å². The summed E-state index contributed by atoms with van der Waals surface area (Å²) in [5.74, 6) is 0.391. The fourth-order valence-corrected chi connectivity index (χ4v) is 5.22. The molecule has 0 aliphatic carbocycles. The first kappa shape index (κ1) is 25.9. The average Bonchev–Trinajstić information content (AvgIpc) is 3.45. The molecule has 1 aromatic heterocycles. The van der Waals surface area contributed by atoms with Gasteiger partial charge in [-0.1, -0.05) is 6.07 Å². The largest absolute Gasteiger partial charge is 0.490 e. The fourth-order valence-electron chi connectivity index (χ4n) is 5.22. The van der Waals surface area contributed by atoms with Gasteiger partial charge in [-0.2, -0.15) is 13.2 Å². The summed E-state index contributed by atoms with van der Waals surface area (Å²) in [5.41, 5.74) is 2.37. The summed E-state index contributed by atoms with van der Waals surface area (Å²) in [7, 11) is 0. The molecule has 0 saturated carbocycles. The van der Waals surface area contributed by atoms with Crippen LogP contribution < -0.4 is 4.74 Å². The smallest absolute Gasteiger partial charge is 0.433 e. The van der Waals surface area contributed by atoms with Gasteiger partial charge in [0.2, 0.25) is 6.54 Å². The number of nitrogens with zero attached hydrogens (tertiary/aromatic N) is 4. The van der Waals surface area contributed by atoms with Crippen molar-refractivity contribution in [3.05, 3.63) is 69.8 Å². The van der Waals surface area contributed by atoms with Crippen molar-refractivity contribution >= 4 is 5.91 Å². The van der Waals surface area contributed by atoms with E-state index in [0.717, 1.165) is 35.4 Å². The summed E-state index contributed by atoms with van der Waals surface area (Å²) in [6.45, 7) is 14.2. The minimum absolute atomic E-state index is 0.000175. The number of carbonyl (C=O) groups is 1. The highest BCUT2D eigenvalue weighted by Crippen LogP contribution is 2.39. The monoisotopic (exact) mass is 502 g/mol. The first-order chi connectivity index (χ1) is 17.0. The van der Waals surface area contributed by atoms with Crippen molar-refractivity contribution in [2.24, 2.45) is 0 Å². The summed E-state index contributed by atoms with van der Waals surface area (Å²) >= 11 is 0. The van der Waals surface area contributed by atoms with Gasteiger partial charge < -0.3 is 19.6 Å². The van der Waals surface area contributed by atoms with Crippen LogP contribution in [-0.2, 0) is 6.18 Å². The summed E-state index contributed by atoms with van der Waals surface area (Å²) in [6.07, 6.45) is -3.54. The van der Waals surface area contributed by atoms with Crippen molar-refractivity contribution in [1.29, 1.82) is 0 Å². The Kier molecular flexibility index (Phi) is 7.25. The highest BCUT2D eigenvalue weighted by Gasteiger charge is 2.47. The number of piperazine rings is 1. The van der Waals surface area contributed by atoms with E-state index >= 15 is 0 Å². The van der Waals surface area contributed by atoms with E-state index in [2.05, 4.69) is 21.7 Å². The number of carbonyl (C=O) groups excluding carboxylic acids is 1. The molecular weight excluding hydrogens is 473 g/mol. The molecule has 2 aliphatic heterocycles. The molecule has 2 aliphatic rings. The van der Waals surface area contributed by atoms with E-state index in [4.69, 9.17) is 11.3 Å². The third-order valence-corrected chi connectivity index (χ3v) is 7.30. The minimum Gasteiger partial charge on any atom is -0.490 e. The molecule has 2 aromatic rings. The van der Waals surface area contributed by atoms with Gasteiger partial charge in [-0.05, 0) is 62.1 Å². The molecule has 1 N–H and O–H groups in total. The molecule has 2 fully saturated rings. The lowest BCUT2D eigenvalue weighted by atomic mass is 9.96. The second-order valence-electron chi connectivity index (χ2n) is 9.51. The first-order valence-electron chi connectivity index (χ1n) is 11.8. The van der Waals surface area contributed by atoms with Crippen LogP contribution in [0.3, 0.4) is 0 Å². The normalized spacial score (nSPS) is 21.3. The Morgan fingerprint density at radius 1 is 1.22 bits per heavy atom. The number of aliphatic hydroxyl groups excluding tert-OH is 1. The molecule has 0 unspecified atom stereocenters. The summed E-state index contributed by atoms with van der Waals surface area (Å²) in [4.78, 5) is 23.7. The lowest BCUT2D eigenvalue weighted by molar-refractivity contribution is -0.141. The van der Waals surface area contributed by atoms with Gasteiger partial charge in [0.05, 0.1) is 5.56 Å².